The van der Waals surface area contributed by atoms with Gasteiger partial charge in [0.25, 0.3) is 9.84 Å². The fourth-order valence-electron chi connectivity index (χ4n) is 2.02. The highest BCUT2D eigenvalue weighted by atomic mass is 32.2. The van der Waals surface area contributed by atoms with Gasteiger partial charge in [-0.25, -0.2) is 12.8 Å². The molecule has 0 spiro atoms. The number of hydrogen-bond acceptors (Lipinski definition) is 3. The predicted molar refractivity (Wildman–Crippen MR) is 64.0 cm³/mol. The molecule has 3 nitrogen and oxygen atoms in total. The second kappa shape index (κ2) is 5.00. The summed E-state index contributed by atoms with van der Waals surface area (Å²) in [4.78, 5) is -1.04. The smallest absolute Gasteiger partial charge is 0.327 e. The molecule has 1 unspecified atom stereocenters. The van der Waals surface area contributed by atoms with E-state index in [1.54, 1.807) is 0 Å². The molecule has 8 heteroatoms. The van der Waals surface area contributed by atoms with Crippen LogP contribution in [0.3, 0.4) is 0 Å². The first-order valence-electron chi connectivity index (χ1n) is 5.98. The zero-order valence-electron chi connectivity index (χ0n) is 10.3. The van der Waals surface area contributed by atoms with Gasteiger partial charge in [-0.05, 0) is 42.9 Å². The summed E-state index contributed by atoms with van der Waals surface area (Å²) in [5.41, 5.74) is 0.247. The monoisotopic (exact) mass is 311 g/mol. The summed E-state index contributed by atoms with van der Waals surface area (Å²) in [5.74, 6) is -0.835. The second-order valence-corrected chi connectivity index (χ2v) is 6.82. The highest BCUT2D eigenvalue weighted by Gasteiger charge is 2.48. The Labute approximate surface area is 113 Å². The molecule has 1 aliphatic carbocycles. The van der Waals surface area contributed by atoms with Crippen molar-refractivity contribution in [3.63, 3.8) is 0 Å². The molecule has 20 heavy (non-hydrogen) atoms. The maximum atomic E-state index is 13.1. The Balaban J connectivity index is 2.43. The maximum Gasteiger partial charge on any atom is 0.501 e. The van der Waals surface area contributed by atoms with Crippen molar-refractivity contribution in [1.82, 2.24) is 0 Å². The van der Waals surface area contributed by atoms with Gasteiger partial charge in [0.05, 0.1) is 4.90 Å². The van der Waals surface area contributed by atoms with Gasteiger partial charge in [-0.1, -0.05) is 6.07 Å². The molecular weight excluding hydrogens is 298 g/mol. The lowest BCUT2D eigenvalue weighted by molar-refractivity contribution is -0.0436. The first-order chi connectivity index (χ1) is 9.13. The molecular formula is C12H13F4NO2S. The van der Waals surface area contributed by atoms with Crippen LogP contribution < -0.4 is 5.73 Å². The van der Waals surface area contributed by atoms with Crippen molar-refractivity contribution < 1.29 is 26.0 Å². The maximum absolute atomic E-state index is 13.1. The number of nitrogens with two attached hydrogens (primary N) is 1. The summed E-state index contributed by atoms with van der Waals surface area (Å²) < 4.78 is 73.8. The van der Waals surface area contributed by atoms with Gasteiger partial charge < -0.3 is 5.73 Å². The van der Waals surface area contributed by atoms with Crippen molar-refractivity contribution >= 4 is 9.84 Å². The minimum absolute atomic E-state index is 0.0183. The quantitative estimate of drug-likeness (QED) is 0.869. The van der Waals surface area contributed by atoms with E-state index in [2.05, 4.69) is 0 Å². The molecule has 0 heterocycles. The number of halogens is 4. The summed E-state index contributed by atoms with van der Waals surface area (Å²) in [5, 5.41) is 0. The number of benzene rings is 1. The van der Waals surface area contributed by atoms with Gasteiger partial charge in [0.15, 0.2) is 0 Å². The third-order valence-electron chi connectivity index (χ3n) is 3.31. The van der Waals surface area contributed by atoms with E-state index in [1.807, 2.05) is 0 Å². The largest absolute Gasteiger partial charge is 0.501 e. The van der Waals surface area contributed by atoms with Gasteiger partial charge in [-0.2, -0.15) is 13.2 Å². The molecule has 1 aromatic carbocycles. The van der Waals surface area contributed by atoms with Crippen LogP contribution in [0.25, 0.3) is 0 Å². The molecule has 0 aliphatic heterocycles. The average Bonchev–Trinajstić information content (AvgIpc) is 3.13. The first-order valence-corrected chi connectivity index (χ1v) is 7.46. The Morgan fingerprint density at radius 2 is 1.90 bits per heavy atom. The van der Waals surface area contributed by atoms with Gasteiger partial charge in [0.2, 0.25) is 0 Å². The molecule has 0 amide bonds. The third-order valence-corrected chi connectivity index (χ3v) is 4.88. The van der Waals surface area contributed by atoms with Crippen LogP contribution in [0.1, 0.15) is 18.4 Å². The zero-order valence-corrected chi connectivity index (χ0v) is 11.1. The van der Waals surface area contributed by atoms with E-state index < -0.39 is 32.1 Å². The van der Waals surface area contributed by atoms with E-state index in [0.717, 1.165) is 25.0 Å². The van der Waals surface area contributed by atoms with Crippen molar-refractivity contribution in [2.45, 2.75) is 35.7 Å². The van der Waals surface area contributed by atoms with Gasteiger partial charge in [-0.15, -0.1) is 0 Å². The van der Waals surface area contributed by atoms with Gasteiger partial charge in [0, 0.05) is 6.04 Å². The lowest BCUT2D eigenvalue weighted by atomic mass is 10.0. The van der Waals surface area contributed by atoms with Crippen LogP contribution in [0.15, 0.2) is 23.1 Å². The minimum Gasteiger partial charge on any atom is -0.327 e. The third kappa shape index (κ3) is 2.95. The molecule has 1 aliphatic rings. The Morgan fingerprint density at radius 3 is 2.40 bits per heavy atom. The Bertz CT molecular complexity index is 608. The lowest BCUT2D eigenvalue weighted by Crippen LogP contribution is -2.28. The van der Waals surface area contributed by atoms with Crippen LogP contribution in [0.2, 0.25) is 0 Å². The molecule has 0 saturated heterocycles. The number of hydrogen-bond donors (Lipinski definition) is 1. The summed E-state index contributed by atoms with van der Waals surface area (Å²) in [6, 6.07) is 1.97. The molecule has 0 bridgehead atoms. The SMILES string of the molecule is NC(Cc1ccc(F)cc1S(=O)(=O)C(F)(F)F)C1CC1. The molecule has 2 rings (SSSR count). The van der Waals surface area contributed by atoms with E-state index in [9.17, 15) is 26.0 Å². The normalized spacial score (nSPS) is 18.1. The van der Waals surface area contributed by atoms with Gasteiger partial charge in [0.1, 0.15) is 5.82 Å². The zero-order chi connectivity index (χ0) is 15.1. The molecule has 1 atom stereocenters. The van der Waals surface area contributed by atoms with Crippen molar-refractivity contribution in [2.24, 2.45) is 11.7 Å². The Hall–Kier alpha value is -1.15. The average molecular weight is 311 g/mol. The van der Waals surface area contributed by atoms with Crippen molar-refractivity contribution in [2.75, 3.05) is 0 Å². The fraction of sp³-hybridized carbons (Fsp3) is 0.500. The Morgan fingerprint density at radius 1 is 1.30 bits per heavy atom. The van der Waals surface area contributed by atoms with Crippen LogP contribution in [0.5, 0.6) is 0 Å². The highest BCUT2D eigenvalue weighted by Crippen LogP contribution is 2.36. The predicted octanol–water partition coefficient (Wildman–Crippen LogP) is 2.40. The van der Waals surface area contributed by atoms with Crippen LogP contribution >= 0.6 is 0 Å². The highest BCUT2D eigenvalue weighted by molar-refractivity contribution is 7.92. The topological polar surface area (TPSA) is 60.2 Å². The summed E-state index contributed by atoms with van der Waals surface area (Å²) in [6.07, 6.45) is 1.74. The Kier molecular flexibility index (Phi) is 3.81. The van der Waals surface area contributed by atoms with E-state index in [-0.39, 0.29) is 17.9 Å². The van der Waals surface area contributed by atoms with Crippen molar-refractivity contribution in [3.8, 4) is 0 Å². The summed E-state index contributed by atoms with van der Waals surface area (Å²) in [7, 11) is -5.58. The van der Waals surface area contributed by atoms with Crippen LogP contribution in [-0.2, 0) is 16.3 Å². The van der Waals surface area contributed by atoms with Gasteiger partial charge >= 0.3 is 5.51 Å². The van der Waals surface area contributed by atoms with E-state index in [4.69, 9.17) is 5.73 Å². The lowest BCUT2D eigenvalue weighted by Gasteiger charge is -2.16. The number of sulfone groups is 1. The second-order valence-electron chi connectivity index (χ2n) is 4.91. The summed E-state index contributed by atoms with van der Waals surface area (Å²) >= 11 is 0. The van der Waals surface area contributed by atoms with Crippen LogP contribution in [0, 0.1) is 11.7 Å². The molecule has 112 valence electrons. The molecule has 0 aromatic heterocycles. The first kappa shape index (κ1) is 15.2. The van der Waals surface area contributed by atoms with Crippen LogP contribution in [-0.4, -0.2) is 20.0 Å². The molecule has 1 aromatic rings. The number of rotatable bonds is 4. The molecule has 0 radical (unpaired) electrons. The van der Waals surface area contributed by atoms with Gasteiger partial charge in [-0.3, -0.25) is 0 Å². The summed E-state index contributed by atoms with van der Waals surface area (Å²) in [6.45, 7) is 0. The fourth-order valence-corrected chi connectivity index (χ4v) is 3.03. The standard InChI is InChI=1S/C12H13F4NO2S/c13-9-4-3-8(5-10(17)7-1-2-7)11(6-9)20(18,19)12(14,15)16/h3-4,6-7,10H,1-2,5,17H2. The van der Waals surface area contributed by atoms with E-state index in [1.165, 1.54) is 0 Å². The van der Waals surface area contributed by atoms with E-state index >= 15 is 0 Å². The van der Waals surface area contributed by atoms with Crippen LogP contribution in [0.4, 0.5) is 17.6 Å². The van der Waals surface area contributed by atoms with E-state index in [0.29, 0.717) is 6.07 Å². The van der Waals surface area contributed by atoms with Crippen molar-refractivity contribution in [3.05, 3.63) is 29.6 Å². The van der Waals surface area contributed by atoms with Crippen molar-refractivity contribution in [1.29, 1.82) is 0 Å². The molecule has 2 N–H and O–H groups in total. The molecule has 1 fully saturated rings. The minimum atomic E-state index is -5.58. The number of alkyl halides is 3. The molecule has 1 saturated carbocycles.